The SMILES string of the molecule is c1ccc(-c2ccccc2-c2ccccc2-c2ccccc2N(c2cccc(-c3ccc4c(c3)c3ccccc3n4-c3ccccc3)c2)c2ccc3c(c2)-c2ccccc2C32c3ccccc3Oc3ccccc32)cc1. The lowest BCUT2D eigenvalue weighted by Gasteiger charge is -2.39. The first-order valence-corrected chi connectivity index (χ1v) is 26.2. The van der Waals surface area contributed by atoms with Crippen LogP contribution in [0, 0.1) is 0 Å². The lowest BCUT2D eigenvalue weighted by Crippen LogP contribution is -2.32. The fourth-order valence-electron chi connectivity index (χ4n) is 12.7. The molecule has 0 atom stereocenters. The van der Waals surface area contributed by atoms with Crippen LogP contribution in [0.1, 0.15) is 22.3 Å². The van der Waals surface area contributed by atoms with Crippen molar-refractivity contribution in [1.29, 1.82) is 0 Å². The molecule has 0 saturated heterocycles. The summed E-state index contributed by atoms with van der Waals surface area (Å²) in [4.78, 5) is 2.48. The second kappa shape index (κ2) is 17.6. The minimum Gasteiger partial charge on any atom is -0.457 e. The molecule has 0 saturated carbocycles. The van der Waals surface area contributed by atoms with Gasteiger partial charge in [0, 0.05) is 44.5 Å². The Morgan fingerprint density at radius 1 is 0.289 bits per heavy atom. The van der Waals surface area contributed by atoms with Crippen molar-refractivity contribution in [2.45, 2.75) is 5.41 Å². The Hall–Kier alpha value is -9.96. The van der Waals surface area contributed by atoms with Gasteiger partial charge in [-0.3, -0.25) is 0 Å². The van der Waals surface area contributed by atoms with E-state index in [-0.39, 0.29) is 0 Å². The molecular weight excluding hydrogens is 921 g/mol. The second-order valence-corrected chi connectivity index (χ2v) is 19.9. The number of aromatic nitrogens is 1. The third kappa shape index (κ3) is 6.69. The molecule has 0 unspecified atom stereocenters. The Labute approximate surface area is 442 Å². The molecule has 0 amide bonds. The zero-order chi connectivity index (χ0) is 50.2. The van der Waals surface area contributed by atoms with E-state index < -0.39 is 5.41 Å². The molecule has 76 heavy (non-hydrogen) atoms. The van der Waals surface area contributed by atoms with Crippen LogP contribution in [0.3, 0.4) is 0 Å². The van der Waals surface area contributed by atoms with Gasteiger partial charge in [-0.2, -0.15) is 0 Å². The summed E-state index contributed by atoms with van der Waals surface area (Å²) in [6.45, 7) is 0. The van der Waals surface area contributed by atoms with Crippen molar-refractivity contribution in [2.24, 2.45) is 0 Å². The Kier molecular flexibility index (Phi) is 10.1. The van der Waals surface area contributed by atoms with Crippen LogP contribution in [-0.4, -0.2) is 4.57 Å². The van der Waals surface area contributed by atoms with Crippen LogP contribution in [0.4, 0.5) is 17.1 Å². The molecule has 2 heterocycles. The van der Waals surface area contributed by atoms with E-state index in [1.165, 1.54) is 66.3 Å². The van der Waals surface area contributed by atoms with Gasteiger partial charge in [0.25, 0.3) is 0 Å². The van der Waals surface area contributed by atoms with Crippen LogP contribution in [-0.2, 0) is 5.41 Å². The quantitative estimate of drug-likeness (QED) is 0.151. The molecule has 0 bridgehead atoms. The zero-order valence-electron chi connectivity index (χ0n) is 41.5. The highest BCUT2D eigenvalue weighted by molar-refractivity contribution is 6.10. The minimum atomic E-state index is -0.577. The van der Waals surface area contributed by atoms with Crippen LogP contribution in [0.15, 0.2) is 291 Å². The number of ether oxygens (including phenoxy) is 1. The van der Waals surface area contributed by atoms with E-state index in [4.69, 9.17) is 4.74 Å². The van der Waals surface area contributed by atoms with Crippen LogP contribution < -0.4 is 9.64 Å². The highest BCUT2D eigenvalue weighted by Gasteiger charge is 2.51. The van der Waals surface area contributed by atoms with Gasteiger partial charge in [-0.1, -0.05) is 218 Å². The van der Waals surface area contributed by atoms with Crippen LogP contribution >= 0.6 is 0 Å². The number of anilines is 3. The van der Waals surface area contributed by atoms with Gasteiger partial charge in [-0.05, 0) is 134 Å². The molecular formula is C73H48N2O. The fraction of sp³-hybridized carbons (Fsp3) is 0.0137. The second-order valence-electron chi connectivity index (χ2n) is 19.9. The molecule has 15 rings (SSSR count). The standard InChI is InChI=1S/C73H48N2O/c1-3-22-49(23-4-1)55-28-7-8-29-56(55)57-30-9-10-31-58(57)60-33-12-17-38-68(60)74(53-27-21-24-50(46-53)51-42-45-70-63(47-51)61-34-13-18-39-69(61)75(70)52-25-5-2-6-26-52)54-43-44-65-62(48-54)59-32-11-14-35-64(59)73(65)66-36-15-19-40-71(66)76-72-41-20-16-37-67(72)73/h1-48H. The topological polar surface area (TPSA) is 17.4 Å². The molecule has 0 fully saturated rings. The molecule has 0 radical (unpaired) electrons. The summed E-state index contributed by atoms with van der Waals surface area (Å²) in [6, 6.07) is 106. The molecule has 1 aromatic heterocycles. The number of hydrogen-bond donors (Lipinski definition) is 0. The van der Waals surface area contributed by atoms with Gasteiger partial charge in [-0.25, -0.2) is 0 Å². The van der Waals surface area contributed by atoms with E-state index in [9.17, 15) is 0 Å². The van der Waals surface area contributed by atoms with Crippen molar-refractivity contribution in [3.05, 3.63) is 313 Å². The Balaban J connectivity index is 0.954. The molecule has 2 aliphatic rings. The number of hydrogen-bond acceptors (Lipinski definition) is 2. The maximum Gasteiger partial charge on any atom is 0.132 e. The summed E-state index contributed by atoms with van der Waals surface area (Å²) in [5, 5.41) is 2.45. The van der Waals surface area contributed by atoms with Crippen molar-refractivity contribution < 1.29 is 4.74 Å². The van der Waals surface area contributed by atoms with Gasteiger partial charge in [0.1, 0.15) is 11.5 Å². The first-order valence-electron chi connectivity index (χ1n) is 26.2. The number of nitrogens with zero attached hydrogens (tertiary/aromatic N) is 2. The maximum atomic E-state index is 6.71. The van der Waals surface area contributed by atoms with E-state index in [1.54, 1.807) is 0 Å². The smallest absolute Gasteiger partial charge is 0.132 e. The average molecular weight is 969 g/mol. The van der Waals surface area contributed by atoms with Crippen LogP contribution in [0.5, 0.6) is 11.5 Å². The molecule has 1 spiro atoms. The summed E-state index contributed by atoms with van der Waals surface area (Å²) in [6.07, 6.45) is 0. The van der Waals surface area contributed by atoms with E-state index in [0.29, 0.717) is 0 Å². The van der Waals surface area contributed by atoms with Gasteiger partial charge in [0.05, 0.1) is 22.1 Å². The zero-order valence-corrected chi connectivity index (χ0v) is 41.5. The predicted molar refractivity (Wildman–Crippen MR) is 315 cm³/mol. The number of benzene rings is 12. The van der Waals surface area contributed by atoms with Crippen LogP contribution in [0.2, 0.25) is 0 Å². The van der Waals surface area contributed by atoms with Crippen molar-refractivity contribution in [1.82, 2.24) is 4.57 Å². The minimum absolute atomic E-state index is 0.577. The monoisotopic (exact) mass is 968 g/mol. The van der Waals surface area contributed by atoms with E-state index in [0.717, 1.165) is 67.6 Å². The summed E-state index contributed by atoms with van der Waals surface area (Å²) in [5.74, 6) is 1.77. The van der Waals surface area contributed by atoms with Crippen molar-refractivity contribution >= 4 is 38.9 Å². The molecule has 0 N–H and O–H groups in total. The summed E-state index contributed by atoms with van der Waals surface area (Å²) >= 11 is 0. The number of para-hydroxylation sites is 5. The molecule has 12 aromatic carbocycles. The molecule has 1 aliphatic heterocycles. The van der Waals surface area contributed by atoms with Crippen LogP contribution in [0.25, 0.3) is 83.1 Å². The van der Waals surface area contributed by atoms with Gasteiger partial charge >= 0.3 is 0 Å². The molecule has 3 heteroatoms. The Morgan fingerprint density at radius 2 is 0.803 bits per heavy atom. The van der Waals surface area contributed by atoms with Gasteiger partial charge in [-0.15, -0.1) is 0 Å². The van der Waals surface area contributed by atoms with Gasteiger partial charge in [0.2, 0.25) is 0 Å². The van der Waals surface area contributed by atoms with E-state index in [1.807, 2.05) is 0 Å². The normalized spacial score (nSPS) is 12.7. The number of fused-ring (bicyclic) bond motifs is 12. The van der Waals surface area contributed by atoms with E-state index >= 15 is 0 Å². The Morgan fingerprint density at radius 3 is 1.55 bits per heavy atom. The largest absolute Gasteiger partial charge is 0.457 e. The highest BCUT2D eigenvalue weighted by Crippen LogP contribution is 2.63. The number of rotatable bonds is 8. The van der Waals surface area contributed by atoms with E-state index in [2.05, 4.69) is 301 Å². The molecule has 3 nitrogen and oxygen atoms in total. The fourth-order valence-corrected chi connectivity index (χ4v) is 12.7. The van der Waals surface area contributed by atoms with Gasteiger partial charge < -0.3 is 14.2 Å². The average Bonchev–Trinajstić information content (AvgIpc) is 4.19. The van der Waals surface area contributed by atoms with Crippen molar-refractivity contribution in [3.63, 3.8) is 0 Å². The molecule has 356 valence electrons. The first-order chi connectivity index (χ1) is 37.7. The summed E-state index contributed by atoms with van der Waals surface area (Å²) < 4.78 is 9.09. The highest BCUT2D eigenvalue weighted by atomic mass is 16.5. The molecule has 1 aliphatic carbocycles. The maximum absolute atomic E-state index is 6.71. The summed E-state index contributed by atoms with van der Waals surface area (Å²) in [5.41, 5.74) is 22.7. The molecule has 13 aromatic rings. The third-order valence-electron chi connectivity index (χ3n) is 15.9. The van der Waals surface area contributed by atoms with Crippen molar-refractivity contribution in [2.75, 3.05) is 4.90 Å². The lowest BCUT2D eigenvalue weighted by molar-refractivity contribution is 0.436. The summed E-state index contributed by atoms with van der Waals surface area (Å²) in [7, 11) is 0. The van der Waals surface area contributed by atoms with Gasteiger partial charge in [0.15, 0.2) is 0 Å². The first kappa shape index (κ1) is 43.6. The third-order valence-corrected chi connectivity index (χ3v) is 15.9. The lowest BCUT2D eigenvalue weighted by atomic mass is 9.66. The Bertz CT molecular complexity index is 4350. The predicted octanol–water partition coefficient (Wildman–Crippen LogP) is 19.4. The van der Waals surface area contributed by atoms with Crippen molar-refractivity contribution in [3.8, 4) is 72.8 Å².